The SMILES string of the molecule is CCOC(=O)CC[C@H]1CCC=CN1C(=O)OC. The van der Waals surface area contributed by atoms with Gasteiger partial charge in [-0.05, 0) is 26.2 Å². The Balaban J connectivity index is 2.47. The lowest BCUT2D eigenvalue weighted by Gasteiger charge is -2.30. The van der Waals surface area contributed by atoms with Crippen molar-refractivity contribution < 1.29 is 19.1 Å². The molecule has 0 bridgehead atoms. The highest BCUT2D eigenvalue weighted by Gasteiger charge is 2.24. The first-order chi connectivity index (χ1) is 8.19. The van der Waals surface area contributed by atoms with Crippen molar-refractivity contribution in [1.29, 1.82) is 0 Å². The highest BCUT2D eigenvalue weighted by atomic mass is 16.5. The van der Waals surface area contributed by atoms with Crippen molar-refractivity contribution in [1.82, 2.24) is 4.90 Å². The lowest BCUT2D eigenvalue weighted by molar-refractivity contribution is -0.143. The molecule has 5 nitrogen and oxygen atoms in total. The zero-order chi connectivity index (χ0) is 12.7. The minimum absolute atomic E-state index is 0.0249. The topological polar surface area (TPSA) is 55.8 Å². The zero-order valence-corrected chi connectivity index (χ0v) is 10.3. The third-order valence-corrected chi connectivity index (χ3v) is 2.70. The van der Waals surface area contributed by atoms with Gasteiger partial charge in [-0.1, -0.05) is 6.08 Å². The summed E-state index contributed by atoms with van der Waals surface area (Å²) in [5, 5.41) is 0. The van der Waals surface area contributed by atoms with Gasteiger partial charge in [-0.2, -0.15) is 0 Å². The zero-order valence-electron chi connectivity index (χ0n) is 10.3. The molecule has 0 fully saturated rings. The third-order valence-electron chi connectivity index (χ3n) is 2.70. The van der Waals surface area contributed by atoms with Crippen molar-refractivity contribution in [3.05, 3.63) is 12.3 Å². The fraction of sp³-hybridized carbons (Fsp3) is 0.667. The molecular formula is C12H19NO4. The number of esters is 1. The second kappa shape index (κ2) is 6.93. The Hall–Kier alpha value is -1.52. The highest BCUT2D eigenvalue weighted by molar-refractivity contribution is 5.71. The molecule has 0 aromatic rings. The molecule has 0 aromatic heterocycles. The molecule has 1 amide bonds. The van der Waals surface area contributed by atoms with E-state index in [1.165, 1.54) is 7.11 Å². The summed E-state index contributed by atoms with van der Waals surface area (Å²) in [5.41, 5.74) is 0. The predicted molar refractivity (Wildman–Crippen MR) is 62.3 cm³/mol. The smallest absolute Gasteiger partial charge is 0.413 e. The van der Waals surface area contributed by atoms with Crippen LogP contribution in [0, 0.1) is 0 Å². The van der Waals surface area contributed by atoms with Crippen LogP contribution in [0.3, 0.4) is 0 Å². The van der Waals surface area contributed by atoms with E-state index in [0.29, 0.717) is 19.4 Å². The standard InChI is InChI=1S/C12H19NO4/c1-3-17-11(14)8-7-10-6-4-5-9-13(10)12(15)16-2/h5,9-10H,3-4,6-8H2,1-2H3/t10-/m1/s1. The maximum absolute atomic E-state index is 11.5. The first-order valence-corrected chi connectivity index (χ1v) is 5.87. The highest BCUT2D eigenvalue weighted by Crippen LogP contribution is 2.20. The van der Waals surface area contributed by atoms with Crippen LogP contribution in [0.1, 0.15) is 32.6 Å². The van der Waals surface area contributed by atoms with Crippen LogP contribution in [0.5, 0.6) is 0 Å². The fourth-order valence-electron chi connectivity index (χ4n) is 1.85. The number of allylic oxidation sites excluding steroid dienone is 1. The largest absolute Gasteiger partial charge is 0.466 e. The lowest BCUT2D eigenvalue weighted by Crippen LogP contribution is -2.38. The molecule has 96 valence electrons. The van der Waals surface area contributed by atoms with Gasteiger partial charge in [0.1, 0.15) is 0 Å². The van der Waals surface area contributed by atoms with Crippen LogP contribution in [0.4, 0.5) is 4.79 Å². The van der Waals surface area contributed by atoms with Crippen molar-refractivity contribution in [2.24, 2.45) is 0 Å². The molecule has 1 aliphatic heterocycles. The number of amides is 1. The van der Waals surface area contributed by atoms with Gasteiger partial charge >= 0.3 is 12.1 Å². The monoisotopic (exact) mass is 241 g/mol. The molecule has 5 heteroatoms. The molecule has 0 unspecified atom stereocenters. The van der Waals surface area contributed by atoms with E-state index in [1.807, 2.05) is 6.08 Å². The first-order valence-electron chi connectivity index (χ1n) is 5.87. The first kappa shape index (κ1) is 13.5. The van der Waals surface area contributed by atoms with Crippen molar-refractivity contribution in [2.75, 3.05) is 13.7 Å². The van der Waals surface area contributed by atoms with Gasteiger partial charge in [0.2, 0.25) is 0 Å². The van der Waals surface area contributed by atoms with Crippen LogP contribution in [0.25, 0.3) is 0 Å². The van der Waals surface area contributed by atoms with Gasteiger partial charge in [-0.15, -0.1) is 0 Å². The van der Waals surface area contributed by atoms with Crippen LogP contribution < -0.4 is 0 Å². The molecule has 0 N–H and O–H groups in total. The summed E-state index contributed by atoms with van der Waals surface area (Å²) in [6.07, 6.45) is 5.99. The van der Waals surface area contributed by atoms with Crippen LogP contribution in [-0.2, 0) is 14.3 Å². The number of carbonyl (C=O) groups excluding carboxylic acids is 2. The van der Waals surface area contributed by atoms with Crippen molar-refractivity contribution in [3.8, 4) is 0 Å². The molecule has 1 rings (SSSR count). The maximum Gasteiger partial charge on any atom is 0.413 e. The number of methoxy groups -OCH3 is 1. The average Bonchev–Trinajstić information content (AvgIpc) is 2.36. The van der Waals surface area contributed by atoms with Gasteiger partial charge in [0.25, 0.3) is 0 Å². The number of nitrogens with zero attached hydrogens (tertiary/aromatic N) is 1. The number of ether oxygens (including phenoxy) is 2. The van der Waals surface area contributed by atoms with Crippen molar-refractivity contribution in [2.45, 2.75) is 38.6 Å². The van der Waals surface area contributed by atoms with Gasteiger partial charge in [0, 0.05) is 18.7 Å². The Morgan fingerprint density at radius 1 is 1.47 bits per heavy atom. The van der Waals surface area contributed by atoms with Crippen molar-refractivity contribution >= 4 is 12.1 Å². The Morgan fingerprint density at radius 2 is 2.24 bits per heavy atom. The van der Waals surface area contributed by atoms with Gasteiger partial charge in [-0.3, -0.25) is 9.69 Å². The van der Waals surface area contributed by atoms with E-state index in [2.05, 4.69) is 0 Å². The van der Waals surface area contributed by atoms with E-state index in [-0.39, 0.29) is 18.1 Å². The summed E-state index contributed by atoms with van der Waals surface area (Å²) >= 11 is 0. The third kappa shape index (κ3) is 4.09. The Labute approximate surface area is 101 Å². The molecule has 1 aliphatic rings. The van der Waals surface area contributed by atoms with Gasteiger partial charge in [0.15, 0.2) is 0 Å². The number of hydrogen-bond donors (Lipinski definition) is 0. The van der Waals surface area contributed by atoms with Gasteiger partial charge in [-0.25, -0.2) is 4.79 Å². The molecular weight excluding hydrogens is 222 g/mol. The van der Waals surface area contributed by atoms with Crippen LogP contribution in [0.15, 0.2) is 12.3 Å². The second-order valence-electron chi connectivity index (χ2n) is 3.84. The number of rotatable bonds is 4. The minimum Gasteiger partial charge on any atom is -0.466 e. The predicted octanol–water partition coefficient (Wildman–Crippen LogP) is 2.07. The lowest BCUT2D eigenvalue weighted by atomic mass is 10.0. The van der Waals surface area contributed by atoms with Gasteiger partial charge < -0.3 is 9.47 Å². The molecule has 0 aliphatic carbocycles. The van der Waals surface area contributed by atoms with Crippen LogP contribution in [-0.4, -0.2) is 36.7 Å². The molecule has 17 heavy (non-hydrogen) atoms. The molecule has 0 spiro atoms. The summed E-state index contributed by atoms with van der Waals surface area (Å²) in [6.45, 7) is 2.17. The van der Waals surface area contributed by atoms with E-state index in [4.69, 9.17) is 9.47 Å². The van der Waals surface area contributed by atoms with E-state index in [9.17, 15) is 9.59 Å². The normalized spacial score (nSPS) is 18.9. The van der Waals surface area contributed by atoms with Crippen LogP contribution in [0.2, 0.25) is 0 Å². The summed E-state index contributed by atoms with van der Waals surface area (Å²) in [6, 6.07) is 0.0249. The molecule has 0 aromatic carbocycles. The quantitative estimate of drug-likeness (QED) is 0.707. The summed E-state index contributed by atoms with van der Waals surface area (Å²) in [7, 11) is 1.35. The molecule has 0 saturated heterocycles. The molecule has 1 heterocycles. The Morgan fingerprint density at radius 3 is 2.88 bits per heavy atom. The second-order valence-corrected chi connectivity index (χ2v) is 3.84. The Kier molecular flexibility index (Phi) is 5.52. The van der Waals surface area contributed by atoms with E-state index in [1.54, 1.807) is 18.0 Å². The van der Waals surface area contributed by atoms with E-state index >= 15 is 0 Å². The van der Waals surface area contributed by atoms with Gasteiger partial charge in [0.05, 0.1) is 13.7 Å². The van der Waals surface area contributed by atoms with E-state index < -0.39 is 0 Å². The molecule has 0 radical (unpaired) electrons. The number of carbonyl (C=O) groups is 2. The number of hydrogen-bond acceptors (Lipinski definition) is 4. The fourth-order valence-corrected chi connectivity index (χ4v) is 1.85. The summed E-state index contributed by atoms with van der Waals surface area (Å²) in [4.78, 5) is 24.3. The molecule has 0 saturated carbocycles. The minimum atomic E-state index is -0.380. The van der Waals surface area contributed by atoms with E-state index in [0.717, 1.165) is 12.8 Å². The van der Waals surface area contributed by atoms with Crippen molar-refractivity contribution in [3.63, 3.8) is 0 Å². The maximum atomic E-state index is 11.5. The van der Waals surface area contributed by atoms with Crippen LogP contribution >= 0.6 is 0 Å². The summed E-state index contributed by atoms with van der Waals surface area (Å²) in [5.74, 6) is -0.216. The molecule has 1 atom stereocenters. The average molecular weight is 241 g/mol. The summed E-state index contributed by atoms with van der Waals surface area (Å²) < 4.78 is 9.56. The Bertz CT molecular complexity index is 301.